The van der Waals surface area contributed by atoms with E-state index < -0.39 is 29.0 Å². The van der Waals surface area contributed by atoms with Crippen molar-refractivity contribution in [3.8, 4) is 23.0 Å². The van der Waals surface area contributed by atoms with E-state index >= 15 is 0 Å². The Labute approximate surface area is 201 Å². The summed E-state index contributed by atoms with van der Waals surface area (Å²) in [7, 11) is 6.04. The van der Waals surface area contributed by atoms with Crippen LogP contribution in [0.4, 0.5) is 5.69 Å². The van der Waals surface area contributed by atoms with Gasteiger partial charge >= 0.3 is 5.97 Å². The van der Waals surface area contributed by atoms with Crippen LogP contribution in [0, 0.1) is 5.92 Å². The number of methoxy groups -OCH3 is 4. The molecule has 0 aliphatic carbocycles. The van der Waals surface area contributed by atoms with Gasteiger partial charge in [-0.1, -0.05) is 13.0 Å². The van der Waals surface area contributed by atoms with Gasteiger partial charge in [-0.15, -0.1) is 0 Å². The first-order valence-electron chi connectivity index (χ1n) is 10.3. The summed E-state index contributed by atoms with van der Waals surface area (Å²) in [6.45, 7) is 1.46. The van der Waals surface area contributed by atoms with Gasteiger partial charge in [0.1, 0.15) is 34.2 Å². The van der Waals surface area contributed by atoms with E-state index in [1.54, 1.807) is 36.4 Å². The molecule has 2 rings (SSSR count). The van der Waals surface area contributed by atoms with Crippen molar-refractivity contribution in [1.29, 1.82) is 0 Å². The number of amides is 1. The Morgan fingerprint density at radius 2 is 1.65 bits per heavy atom. The van der Waals surface area contributed by atoms with Crippen molar-refractivity contribution in [3.63, 3.8) is 0 Å². The number of carbonyl (C=O) groups is 2. The molecule has 2 aromatic rings. The minimum absolute atomic E-state index is 0.176. The van der Waals surface area contributed by atoms with Crippen LogP contribution in [0.25, 0.3) is 6.08 Å². The van der Waals surface area contributed by atoms with Crippen molar-refractivity contribution in [1.82, 2.24) is 0 Å². The van der Waals surface area contributed by atoms with E-state index in [2.05, 4.69) is 5.32 Å². The molecule has 0 fully saturated rings. The van der Waals surface area contributed by atoms with Crippen molar-refractivity contribution in [2.45, 2.75) is 19.1 Å². The number of ether oxygens (including phenoxy) is 4. The molecule has 2 atom stereocenters. The molecule has 0 aliphatic heterocycles. The zero-order chi connectivity index (χ0) is 25.3. The first-order chi connectivity index (χ1) is 16.2. The molecular formula is C24H29NO8S. The van der Waals surface area contributed by atoms with E-state index in [1.165, 1.54) is 40.8 Å². The third kappa shape index (κ3) is 7.32. The van der Waals surface area contributed by atoms with Crippen LogP contribution in [0.3, 0.4) is 0 Å². The first-order valence-corrected chi connectivity index (χ1v) is 11.7. The quantitative estimate of drug-likeness (QED) is 0.431. The largest absolute Gasteiger partial charge is 0.612 e. The van der Waals surface area contributed by atoms with Gasteiger partial charge in [-0.3, -0.25) is 9.59 Å². The Morgan fingerprint density at radius 1 is 1.03 bits per heavy atom. The number of hydrogen-bond donors (Lipinski definition) is 2. The molecule has 0 aromatic heterocycles. The van der Waals surface area contributed by atoms with E-state index in [1.807, 2.05) is 0 Å². The standard InChI is InChI=1S/C24H29NO8S/c1-15(24(27)28)10-23(26)25-19-11-16(6-7-20(19)31-3)14-34(29)9-8-18-21(32-4)12-17(30-2)13-22(18)33-5/h6-9,11-13,15H,10,14H2,1-5H3,(H,25,26)(H,27,28). The molecule has 34 heavy (non-hydrogen) atoms. The average Bonchev–Trinajstić information content (AvgIpc) is 2.82. The van der Waals surface area contributed by atoms with Crippen LogP contribution < -0.4 is 24.3 Å². The number of aliphatic carboxylic acids is 1. The van der Waals surface area contributed by atoms with Gasteiger partial charge in [0.25, 0.3) is 0 Å². The molecule has 0 aliphatic rings. The maximum absolute atomic E-state index is 12.8. The lowest BCUT2D eigenvalue weighted by Gasteiger charge is -2.14. The predicted octanol–water partition coefficient (Wildman–Crippen LogP) is 3.69. The van der Waals surface area contributed by atoms with Gasteiger partial charge in [-0.2, -0.15) is 0 Å². The van der Waals surface area contributed by atoms with Crippen LogP contribution in [0.1, 0.15) is 24.5 Å². The van der Waals surface area contributed by atoms with Gasteiger partial charge in [0.05, 0.1) is 45.6 Å². The zero-order valence-corrected chi connectivity index (χ0v) is 20.6. The predicted molar refractivity (Wildman–Crippen MR) is 130 cm³/mol. The Hall–Kier alpha value is -3.37. The summed E-state index contributed by atoms with van der Waals surface area (Å²) in [6.07, 6.45) is 1.48. The first kappa shape index (κ1) is 26.9. The van der Waals surface area contributed by atoms with Gasteiger partial charge in [-0.05, 0) is 23.3 Å². The third-order valence-electron chi connectivity index (χ3n) is 4.90. The average molecular weight is 492 g/mol. The van der Waals surface area contributed by atoms with E-state index in [9.17, 15) is 14.1 Å². The minimum atomic E-state index is -1.40. The highest BCUT2D eigenvalue weighted by Gasteiger charge is 2.18. The lowest BCUT2D eigenvalue weighted by atomic mass is 10.1. The molecule has 2 N–H and O–H groups in total. The summed E-state index contributed by atoms with van der Waals surface area (Å²) < 4.78 is 34.1. The van der Waals surface area contributed by atoms with Gasteiger partial charge in [0.15, 0.2) is 0 Å². The monoisotopic (exact) mass is 491 g/mol. The van der Waals surface area contributed by atoms with Gasteiger partial charge < -0.3 is 33.9 Å². The summed E-state index contributed by atoms with van der Waals surface area (Å²) in [4.78, 5) is 23.2. The second kappa shape index (κ2) is 12.8. The molecule has 0 radical (unpaired) electrons. The number of carbonyl (C=O) groups excluding carboxylic acids is 1. The Bertz CT molecular complexity index is 1010. The van der Waals surface area contributed by atoms with Crippen LogP contribution in [0.5, 0.6) is 23.0 Å². The van der Waals surface area contributed by atoms with Crippen molar-refractivity contribution < 1.29 is 38.2 Å². The van der Waals surface area contributed by atoms with Crippen LogP contribution in [-0.4, -0.2) is 50.0 Å². The highest BCUT2D eigenvalue weighted by Crippen LogP contribution is 2.35. The number of carboxylic acid groups (broad SMARTS) is 1. The summed E-state index contributed by atoms with van der Waals surface area (Å²) in [5.74, 6) is -0.155. The minimum Gasteiger partial charge on any atom is -0.612 e. The van der Waals surface area contributed by atoms with Crippen molar-refractivity contribution >= 4 is 34.8 Å². The molecule has 2 unspecified atom stereocenters. The Kier molecular flexibility index (Phi) is 10.1. The molecule has 0 bridgehead atoms. The number of carboxylic acids is 1. The molecule has 10 heteroatoms. The molecule has 0 heterocycles. The molecule has 9 nitrogen and oxygen atoms in total. The fraction of sp³-hybridized carbons (Fsp3) is 0.333. The van der Waals surface area contributed by atoms with Gasteiger partial charge in [-0.25, -0.2) is 0 Å². The van der Waals surface area contributed by atoms with Gasteiger partial charge in [0.2, 0.25) is 5.91 Å². The molecule has 184 valence electrons. The normalized spacial score (nSPS) is 12.6. The van der Waals surface area contributed by atoms with Crippen LogP contribution in [-0.2, 0) is 26.5 Å². The fourth-order valence-corrected chi connectivity index (χ4v) is 3.95. The van der Waals surface area contributed by atoms with Crippen molar-refractivity contribution in [3.05, 3.63) is 46.9 Å². The number of anilines is 1. The maximum Gasteiger partial charge on any atom is 0.306 e. The third-order valence-corrected chi connectivity index (χ3v) is 5.96. The molecule has 0 saturated heterocycles. The van der Waals surface area contributed by atoms with E-state index in [0.717, 1.165) is 0 Å². The molecule has 2 aromatic carbocycles. The van der Waals surface area contributed by atoms with Crippen molar-refractivity contribution in [2.24, 2.45) is 5.92 Å². The van der Waals surface area contributed by atoms with E-state index in [0.29, 0.717) is 39.8 Å². The Balaban J connectivity index is 2.18. The molecule has 1 amide bonds. The number of nitrogens with one attached hydrogen (secondary N) is 1. The van der Waals surface area contributed by atoms with E-state index in [-0.39, 0.29) is 12.2 Å². The topological polar surface area (TPSA) is 126 Å². The van der Waals surface area contributed by atoms with Crippen molar-refractivity contribution in [2.75, 3.05) is 33.8 Å². The van der Waals surface area contributed by atoms with Crippen LogP contribution in [0.15, 0.2) is 35.7 Å². The SMILES string of the molecule is COc1cc(OC)c(C=C[S+]([O-])Cc2ccc(OC)c(NC(=O)CC(C)C(=O)O)c2)c(OC)c1. The lowest BCUT2D eigenvalue weighted by molar-refractivity contribution is -0.142. The summed E-state index contributed by atoms with van der Waals surface area (Å²) in [5, 5.41) is 13.2. The highest BCUT2D eigenvalue weighted by molar-refractivity contribution is 7.93. The molecule has 0 spiro atoms. The summed E-state index contributed by atoms with van der Waals surface area (Å²) in [5.41, 5.74) is 1.69. The molecule has 0 saturated carbocycles. The maximum atomic E-state index is 12.8. The second-order valence-electron chi connectivity index (χ2n) is 7.30. The second-order valence-corrected chi connectivity index (χ2v) is 8.62. The van der Waals surface area contributed by atoms with Gasteiger partial charge in [0, 0.05) is 30.2 Å². The van der Waals surface area contributed by atoms with Crippen LogP contribution >= 0.6 is 0 Å². The number of benzene rings is 2. The lowest BCUT2D eigenvalue weighted by Crippen LogP contribution is -2.20. The highest BCUT2D eigenvalue weighted by atomic mass is 32.2. The molecular weight excluding hydrogens is 462 g/mol. The van der Waals surface area contributed by atoms with E-state index in [4.69, 9.17) is 24.1 Å². The van der Waals surface area contributed by atoms with Crippen LogP contribution in [0.2, 0.25) is 0 Å². The smallest absolute Gasteiger partial charge is 0.306 e. The zero-order valence-electron chi connectivity index (χ0n) is 19.7. The number of rotatable bonds is 12. The number of hydrogen-bond acceptors (Lipinski definition) is 7. The summed E-state index contributed by atoms with van der Waals surface area (Å²) >= 11 is -1.40. The Morgan fingerprint density at radius 3 is 2.18 bits per heavy atom. The summed E-state index contributed by atoms with van der Waals surface area (Å²) in [6, 6.07) is 8.46. The fourth-order valence-electron chi connectivity index (χ4n) is 3.06.